The van der Waals surface area contributed by atoms with E-state index in [-0.39, 0.29) is 7.33 Å². The molecule has 2 N–H and O–H groups in total. The van der Waals surface area contributed by atoms with Crippen LogP contribution >= 0.6 is 0 Å². The molecule has 2 aromatic rings. The van der Waals surface area contributed by atoms with Gasteiger partial charge in [-0.3, -0.25) is 4.79 Å². The van der Waals surface area contributed by atoms with Gasteiger partial charge in [-0.1, -0.05) is 12.1 Å². The van der Waals surface area contributed by atoms with Gasteiger partial charge in [0, 0.05) is 51.7 Å². The summed E-state index contributed by atoms with van der Waals surface area (Å²) in [6.07, 6.45) is 3.76. The lowest BCUT2D eigenvalue weighted by atomic mass is 9.91. The molecule has 5 heteroatoms. The number of hydrogen-bond donors (Lipinski definition) is 2. The highest BCUT2D eigenvalue weighted by Crippen LogP contribution is 2.38. The average Bonchev–Trinajstić information content (AvgIpc) is 3.01. The molecule has 1 aromatic carbocycles. The summed E-state index contributed by atoms with van der Waals surface area (Å²) >= 11 is 0. The van der Waals surface area contributed by atoms with Crippen molar-refractivity contribution in [2.45, 2.75) is 12.6 Å². The Morgan fingerprint density at radius 1 is 1.26 bits per heavy atom. The van der Waals surface area contributed by atoms with E-state index in [4.69, 9.17) is 0 Å². The molecule has 1 unspecified atom stereocenters. The largest absolute Gasteiger partial charge is 0.366 e. The van der Waals surface area contributed by atoms with E-state index in [2.05, 4.69) is 4.98 Å². The molecule has 0 radical (unpaired) electrons. The van der Waals surface area contributed by atoms with Gasteiger partial charge in [-0.15, -0.1) is 0 Å². The van der Waals surface area contributed by atoms with Crippen molar-refractivity contribution >= 4 is 11.5 Å². The number of hydrogen-bond acceptors (Lipinski definition) is 3. The van der Waals surface area contributed by atoms with Crippen molar-refractivity contribution in [3.05, 3.63) is 65.1 Å². The minimum Gasteiger partial charge on any atom is -0.366 e. The molecule has 1 aromatic heterocycles. The number of aliphatic hydroxyl groups is 1. The molecule has 2 heterocycles. The van der Waals surface area contributed by atoms with Gasteiger partial charge in [-0.2, -0.15) is 0 Å². The first-order valence-electron chi connectivity index (χ1n) is 7.50. The molecule has 1 aliphatic rings. The van der Waals surface area contributed by atoms with E-state index >= 15 is 0 Å². The Labute approximate surface area is 137 Å². The van der Waals surface area contributed by atoms with Gasteiger partial charge in [-0.05, 0) is 30.7 Å². The van der Waals surface area contributed by atoms with Crippen LogP contribution < -0.4 is 0 Å². The van der Waals surface area contributed by atoms with Gasteiger partial charge in [0.25, 0.3) is 5.91 Å². The molecule has 1 atom stereocenters. The van der Waals surface area contributed by atoms with Gasteiger partial charge in [0.05, 0.1) is 5.69 Å². The number of amides is 1. The number of fused-ring (bicyclic) bond motifs is 1. The van der Waals surface area contributed by atoms with Crippen LogP contribution in [-0.4, -0.2) is 46.9 Å². The van der Waals surface area contributed by atoms with Gasteiger partial charge in [0.2, 0.25) is 0 Å². The second kappa shape index (κ2) is 5.28. The third-order valence-corrected chi connectivity index (χ3v) is 4.37. The number of carbonyl (C=O) groups excluding carboxylic acids is 1. The van der Waals surface area contributed by atoms with Crippen molar-refractivity contribution in [3.63, 3.8) is 0 Å². The Kier molecular flexibility index (Phi) is 3.53. The zero-order chi connectivity index (χ0) is 16.8. The summed E-state index contributed by atoms with van der Waals surface area (Å²) in [6.45, 7) is 1.76. The average molecular weight is 313 g/mol. The first kappa shape index (κ1) is 15.4. The SMILES string of the molecule is CN(C)C(=O)c1ccc(C2=CN(C)C(C)(O)c3[nH]ccc32)cc1.[HH]. The molecule has 1 amide bonds. The third-order valence-electron chi connectivity index (χ3n) is 4.37. The van der Waals surface area contributed by atoms with Crippen molar-refractivity contribution in [1.82, 2.24) is 14.8 Å². The monoisotopic (exact) mass is 313 g/mol. The summed E-state index contributed by atoms with van der Waals surface area (Å²) in [7, 11) is 5.32. The van der Waals surface area contributed by atoms with E-state index < -0.39 is 5.72 Å². The third kappa shape index (κ3) is 2.43. The number of H-pyrrole nitrogens is 1. The van der Waals surface area contributed by atoms with Crippen LogP contribution in [0.15, 0.2) is 42.7 Å². The predicted molar refractivity (Wildman–Crippen MR) is 91.8 cm³/mol. The first-order valence-corrected chi connectivity index (χ1v) is 7.50. The fraction of sp³-hybridized carbons (Fsp3) is 0.278. The van der Waals surface area contributed by atoms with E-state index in [1.165, 1.54) is 0 Å². The van der Waals surface area contributed by atoms with Crippen LogP contribution in [0.25, 0.3) is 5.57 Å². The van der Waals surface area contributed by atoms with E-state index in [0.717, 1.165) is 22.4 Å². The molecular weight excluding hydrogens is 290 g/mol. The summed E-state index contributed by atoms with van der Waals surface area (Å²) < 4.78 is 0. The zero-order valence-electron chi connectivity index (χ0n) is 13.8. The van der Waals surface area contributed by atoms with Crippen LogP contribution in [0.5, 0.6) is 0 Å². The molecule has 1 aliphatic heterocycles. The Bertz CT molecular complexity index is 776. The first-order chi connectivity index (χ1) is 10.8. The number of nitrogens with zero attached hydrogens (tertiary/aromatic N) is 2. The molecule has 5 nitrogen and oxygen atoms in total. The topological polar surface area (TPSA) is 59.6 Å². The van der Waals surface area contributed by atoms with Crippen LogP contribution in [0.3, 0.4) is 0 Å². The highest BCUT2D eigenvalue weighted by Gasteiger charge is 2.35. The summed E-state index contributed by atoms with van der Waals surface area (Å²) in [4.78, 5) is 18.5. The maximum atomic E-state index is 12.0. The lowest BCUT2D eigenvalue weighted by Gasteiger charge is -2.37. The minimum absolute atomic E-state index is 0. The van der Waals surface area contributed by atoms with Crippen molar-refractivity contribution < 1.29 is 11.3 Å². The number of carbonyl (C=O) groups is 1. The fourth-order valence-electron chi connectivity index (χ4n) is 2.83. The van der Waals surface area contributed by atoms with Gasteiger partial charge < -0.3 is 19.9 Å². The summed E-state index contributed by atoms with van der Waals surface area (Å²) in [5.41, 5.74) is 3.35. The Hall–Kier alpha value is -2.53. The highest BCUT2D eigenvalue weighted by atomic mass is 16.3. The van der Waals surface area contributed by atoms with Gasteiger partial charge in [0.15, 0.2) is 5.72 Å². The Balaban J connectivity index is 0.00000208. The smallest absolute Gasteiger partial charge is 0.253 e. The number of aromatic nitrogens is 1. The number of rotatable bonds is 2. The van der Waals surface area contributed by atoms with E-state index in [1.807, 2.05) is 49.8 Å². The lowest BCUT2D eigenvalue weighted by molar-refractivity contribution is -0.0647. The van der Waals surface area contributed by atoms with Crippen LogP contribution in [0.2, 0.25) is 0 Å². The lowest BCUT2D eigenvalue weighted by Crippen LogP contribution is -2.41. The molecule has 0 saturated heterocycles. The number of nitrogens with one attached hydrogen (secondary N) is 1. The molecule has 0 aliphatic carbocycles. The van der Waals surface area contributed by atoms with Crippen LogP contribution in [0.4, 0.5) is 0 Å². The molecule has 0 fully saturated rings. The number of benzene rings is 1. The van der Waals surface area contributed by atoms with Gasteiger partial charge in [0.1, 0.15) is 0 Å². The maximum Gasteiger partial charge on any atom is 0.253 e. The van der Waals surface area contributed by atoms with Crippen LogP contribution in [0, 0.1) is 0 Å². The Morgan fingerprint density at radius 2 is 1.91 bits per heavy atom. The maximum absolute atomic E-state index is 12.0. The predicted octanol–water partition coefficient (Wildman–Crippen LogP) is 2.46. The molecule has 3 rings (SSSR count). The summed E-state index contributed by atoms with van der Waals surface area (Å²) in [5, 5.41) is 10.6. The molecule has 0 saturated carbocycles. The second-order valence-electron chi connectivity index (χ2n) is 6.22. The van der Waals surface area contributed by atoms with Crippen molar-refractivity contribution in [3.8, 4) is 0 Å². The molecule has 0 bridgehead atoms. The molecule has 0 spiro atoms. The minimum atomic E-state index is -1.07. The van der Waals surface area contributed by atoms with Crippen molar-refractivity contribution in [1.29, 1.82) is 0 Å². The van der Waals surface area contributed by atoms with E-state index in [0.29, 0.717) is 5.56 Å². The highest BCUT2D eigenvalue weighted by molar-refractivity contribution is 5.94. The molecular formula is C18H23N3O2. The van der Waals surface area contributed by atoms with Gasteiger partial charge in [-0.25, -0.2) is 0 Å². The van der Waals surface area contributed by atoms with Crippen LogP contribution in [-0.2, 0) is 5.72 Å². The summed E-state index contributed by atoms with van der Waals surface area (Å²) in [5.74, 6) is -0.0171. The molecule has 23 heavy (non-hydrogen) atoms. The van der Waals surface area contributed by atoms with Crippen LogP contribution in [0.1, 0.15) is 35.5 Å². The van der Waals surface area contributed by atoms with Crippen molar-refractivity contribution in [2.24, 2.45) is 0 Å². The number of aromatic amines is 1. The quantitative estimate of drug-likeness (QED) is 0.895. The standard InChI is InChI=1S/C18H21N3O2.H2/c1-18(23)16-14(9-10-19-16)15(11-21(18)4)12-5-7-13(8-6-12)17(22)20(2)3;/h5-11,19,23H,1-4H3;1H. The fourth-order valence-corrected chi connectivity index (χ4v) is 2.83. The normalized spacial score (nSPS) is 20.0. The van der Waals surface area contributed by atoms with E-state index in [9.17, 15) is 9.90 Å². The van der Waals surface area contributed by atoms with Crippen molar-refractivity contribution in [2.75, 3.05) is 21.1 Å². The summed E-state index contributed by atoms with van der Waals surface area (Å²) in [6, 6.07) is 9.50. The van der Waals surface area contributed by atoms with Gasteiger partial charge >= 0.3 is 0 Å². The molecule has 122 valence electrons. The van der Waals surface area contributed by atoms with E-state index in [1.54, 1.807) is 30.8 Å². The second-order valence-corrected chi connectivity index (χ2v) is 6.22. The zero-order valence-corrected chi connectivity index (χ0v) is 13.8. The Morgan fingerprint density at radius 3 is 2.52 bits per heavy atom.